The predicted octanol–water partition coefficient (Wildman–Crippen LogP) is -9.27. The highest BCUT2D eigenvalue weighted by Crippen LogP contribution is 2.15. The van der Waals surface area contributed by atoms with Gasteiger partial charge in [0.2, 0.25) is 88.6 Å². The Bertz CT molecular complexity index is 3370. The van der Waals surface area contributed by atoms with Crippen LogP contribution < -0.4 is 115 Å². The van der Waals surface area contributed by atoms with Gasteiger partial charge in [0.05, 0.1) is 31.8 Å². The Morgan fingerprint density at radius 1 is 0.361 bits per heavy atom. The Hall–Kier alpha value is -10.2. The molecule has 0 heterocycles. The molecule has 16 atom stereocenters. The number of nitrogens with zero attached hydrogens (tertiary/aromatic N) is 1. The lowest BCUT2D eigenvalue weighted by molar-refractivity contribution is -0.144. The van der Waals surface area contributed by atoms with Crippen molar-refractivity contribution in [3.05, 3.63) is 0 Å². The molecule has 0 saturated heterocycles. The number of aliphatic imine (C=N–C) groups is 1. The number of aliphatic carboxylic acids is 3. The number of carbonyl (C=O) groups is 18. The number of unbranched alkanes of at least 4 members (excludes halogenated alkanes) is 3. The summed E-state index contributed by atoms with van der Waals surface area (Å²) in [6, 6.07) is -23.9. The van der Waals surface area contributed by atoms with Crippen molar-refractivity contribution in [3.8, 4) is 0 Å². The van der Waals surface area contributed by atoms with Crippen LogP contribution in [0.25, 0.3) is 0 Å². The van der Waals surface area contributed by atoms with E-state index in [9.17, 15) is 112 Å². The van der Waals surface area contributed by atoms with Crippen LogP contribution in [0.1, 0.15) is 171 Å². The lowest BCUT2D eigenvalue weighted by Crippen LogP contribution is -2.62. The van der Waals surface area contributed by atoms with Gasteiger partial charge in [-0.05, 0) is 160 Å². The summed E-state index contributed by atoms with van der Waals surface area (Å²) < 4.78 is 0. The van der Waals surface area contributed by atoms with Crippen molar-refractivity contribution in [3.63, 3.8) is 0 Å². The Labute approximate surface area is 694 Å². The van der Waals surface area contributed by atoms with Crippen LogP contribution in [0.15, 0.2) is 4.99 Å². The minimum Gasteiger partial charge on any atom is -0.481 e. The van der Waals surface area contributed by atoms with E-state index < -0.39 is 266 Å². The van der Waals surface area contributed by atoms with Crippen molar-refractivity contribution in [1.82, 2.24) is 74.4 Å². The molecule has 15 amide bonds. The summed E-state index contributed by atoms with van der Waals surface area (Å²) >= 11 is 1.28. The van der Waals surface area contributed by atoms with Crippen LogP contribution in [0.5, 0.6) is 0 Å². The summed E-state index contributed by atoms with van der Waals surface area (Å²) in [4.78, 5) is 246. The van der Waals surface area contributed by atoms with Crippen molar-refractivity contribution in [1.29, 1.82) is 0 Å². The number of nitrogens with one attached hydrogen (secondary N) is 14. The zero-order valence-corrected chi connectivity index (χ0v) is 69.9. The van der Waals surface area contributed by atoms with E-state index in [2.05, 4.69) is 79.4 Å². The maximum Gasteiger partial charge on any atom is 0.326 e. The lowest BCUT2D eigenvalue weighted by Gasteiger charge is -2.30. The van der Waals surface area contributed by atoms with E-state index in [-0.39, 0.29) is 89.3 Å². The van der Waals surface area contributed by atoms with Crippen molar-refractivity contribution < 1.29 is 117 Å². The van der Waals surface area contributed by atoms with Gasteiger partial charge in [-0.25, -0.2) is 4.79 Å². The highest BCUT2D eigenvalue weighted by molar-refractivity contribution is 7.98. The lowest BCUT2D eigenvalue weighted by atomic mass is 10.00. The molecule has 0 unspecified atom stereocenters. The average Bonchev–Trinajstić information content (AvgIpc) is 0.852. The number of nitrogens with two attached hydrogens (primary N) is 7. The molecule has 0 aliphatic heterocycles. The van der Waals surface area contributed by atoms with E-state index in [0.717, 1.165) is 6.92 Å². The zero-order valence-electron chi connectivity index (χ0n) is 69.1. The summed E-state index contributed by atoms with van der Waals surface area (Å²) in [6.45, 7) is 9.71. The fourth-order valence-electron chi connectivity index (χ4n) is 11.4. The number of hydrogen-bond acceptors (Lipinski definition) is 27. The molecule has 47 heteroatoms. The molecule has 0 fully saturated rings. The molecule has 0 radical (unpaired) electrons. The summed E-state index contributed by atoms with van der Waals surface area (Å²) in [7, 11) is 0. The molecule has 678 valence electrons. The Morgan fingerprint density at radius 3 is 1.03 bits per heavy atom. The molecule has 0 spiro atoms. The standard InChI is InChI=1S/C72H130N22O24S/c1-35(2)31-48(65(111)84-44(20-16-29-80-72(78)79)61(107)90-49(33-95)66(112)81-38(7)57(103)92-54(36(3)4)69(115)88-47(71(117)118)22-24-53(101)102)89-70(116)56(39(8)97)94-64(110)45(21-23-52(99)100)87-68(114)55(37(5)6)93-63(109)43(19-12-15-28-75)85-67(113)50(34-96)91-62(108)46(25-30-119-9)86-60(106)42(18-11-14-27-74)83-59(105)41(17-10-13-26-73)82-58(104)40(76)32-51(77)98/h35-50,54-56,95-97H,10-34,73-76H2,1-9H3,(H2,77,98)(H,81,112)(H,82,104)(H,83,105)(H,84,111)(H,85,113)(H,86,106)(H,87,114)(H,88,115)(H,89,116)(H,90,107)(H,91,108)(H,92,103)(H,93,109)(H,94,110)(H,99,100)(H,101,102)(H,117,118)(H4,78,79,80)/t38-,39+,40-,41-,42-,43-,44-,45-,46-,47-,48-,49-,50-,54-,55-,56-/m0/s1. The third-order valence-corrected chi connectivity index (χ3v) is 18.8. The van der Waals surface area contributed by atoms with Crippen molar-refractivity contribution in [2.75, 3.05) is 51.4 Å². The van der Waals surface area contributed by atoms with E-state index in [1.54, 1.807) is 20.1 Å². The maximum atomic E-state index is 14.4. The van der Waals surface area contributed by atoms with Crippen LogP contribution in [0.2, 0.25) is 0 Å². The largest absolute Gasteiger partial charge is 0.481 e. The number of aliphatic hydroxyl groups is 3. The number of amides is 15. The minimum absolute atomic E-state index is 0.00985. The van der Waals surface area contributed by atoms with Crippen LogP contribution in [-0.4, -0.2) is 291 Å². The maximum absolute atomic E-state index is 14.4. The van der Waals surface area contributed by atoms with Gasteiger partial charge >= 0.3 is 17.9 Å². The molecule has 0 aromatic heterocycles. The van der Waals surface area contributed by atoms with Gasteiger partial charge in [0, 0.05) is 19.4 Å². The number of carboxylic acid groups (broad SMARTS) is 3. The van der Waals surface area contributed by atoms with Gasteiger partial charge in [0.15, 0.2) is 5.96 Å². The van der Waals surface area contributed by atoms with Crippen LogP contribution in [0.4, 0.5) is 0 Å². The molecule has 0 bridgehead atoms. The van der Waals surface area contributed by atoms with E-state index in [4.69, 9.17) is 45.2 Å². The third kappa shape index (κ3) is 43.9. The fourth-order valence-corrected chi connectivity index (χ4v) is 11.8. The monoisotopic (exact) mass is 1720 g/mol. The van der Waals surface area contributed by atoms with E-state index in [1.807, 2.05) is 0 Å². The number of guanidine groups is 1. The van der Waals surface area contributed by atoms with Gasteiger partial charge < -0.3 is 145 Å². The fraction of sp³-hybridized carbons (Fsp3) is 0.736. The SMILES string of the molecule is CSCC[C@H](NC(=O)[C@H](CCCCN)NC(=O)[C@H](CCCCN)NC(=O)[C@@H](N)CC(N)=O)C(=O)N[C@@H](CO)C(=O)N[C@@H](CCCCN)C(=O)N[C@H](C(=O)N[C@@H](CCC(=O)O)C(=O)N[C@H](C(=O)N[C@@H](CC(C)C)C(=O)N[C@@H](CCCN=C(N)N)C(=O)N[C@@H](CO)C(=O)N[C@@H](C)C(=O)N[C@H](C(=O)N[C@@H](CCC(=O)O)C(=O)O)C(C)C)[C@@H](C)O)C(C)C. The molecule has 34 N–H and O–H groups in total. The first-order chi connectivity index (χ1) is 55.8. The molecule has 46 nitrogen and oxygen atoms in total. The Kier molecular flexibility index (Phi) is 53.6. The predicted molar refractivity (Wildman–Crippen MR) is 432 cm³/mol. The first-order valence-corrected chi connectivity index (χ1v) is 40.7. The average molecular weight is 1720 g/mol. The van der Waals surface area contributed by atoms with Gasteiger partial charge in [-0.1, -0.05) is 41.5 Å². The van der Waals surface area contributed by atoms with Crippen molar-refractivity contribution in [2.24, 2.45) is 62.9 Å². The van der Waals surface area contributed by atoms with Gasteiger partial charge in [-0.3, -0.25) is 86.5 Å². The van der Waals surface area contributed by atoms with Crippen LogP contribution >= 0.6 is 11.8 Å². The molecule has 119 heavy (non-hydrogen) atoms. The second-order valence-corrected chi connectivity index (χ2v) is 30.6. The topological polar surface area (TPSA) is 792 Å². The number of hydrogen-bond donors (Lipinski definition) is 27. The molecular formula is C72H130N22O24S. The van der Waals surface area contributed by atoms with Gasteiger partial charge in [-0.15, -0.1) is 0 Å². The minimum atomic E-state index is -1.99. The highest BCUT2D eigenvalue weighted by atomic mass is 32.2. The van der Waals surface area contributed by atoms with Gasteiger partial charge in [-0.2, -0.15) is 11.8 Å². The normalized spacial score (nSPS) is 15.3. The number of thioether (sulfide) groups is 1. The number of primary amides is 1. The number of aliphatic hydroxyl groups excluding tert-OH is 3. The van der Waals surface area contributed by atoms with E-state index >= 15 is 0 Å². The number of carbonyl (C=O) groups excluding carboxylic acids is 15. The second-order valence-electron chi connectivity index (χ2n) is 29.6. The van der Waals surface area contributed by atoms with Gasteiger partial charge in [0.1, 0.15) is 84.6 Å². The Balaban J connectivity index is 7.02. The third-order valence-electron chi connectivity index (χ3n) is 18.1. The number of carboxylic acids is 3. The quantitative estimate of drug-likeness (QED) is 0.0153. The summed E-state index contributed by atoms with van der Waals surface area (Å²) in [6.07, 6.45) is -1.97. The molecule has 0 aliphatic rings. The summed E-state index contributed by atoms with van der Waals surface area (Å²) in [5, 5.41) is 94.2. The van der Waals surface area contributed by atoms with Crippen LogP contribution in [0, 0.1) is 17.8 Å². The van der Waals surface area contributed by atoms with Crippen LogP contribution in [-0.2, 0) is 86.3 Å². The molecule has 0 aliphatic carbocycles. The van der Waals surface area contributed by atoms with Crippen molar-refractivity contribution in [2.45, 2.75) is 268 Å². The van der Waals surface area contributed by atoms with E-state index in [1.165, 1.54) is 46.4 Å². The van der Waals surface area contributed by atoms with Crippen LogP contribution in [0.3, 0.4) is 0 Å². The molecule has 0 saturated carbocycles. The first-order valence-electron chi connectivity index (χ1n) is 39.3. The molecule has 0 aromatic rings. The van der Waals surface area contributed by atoms with E-state index in [0.29, 0.717) is 32.1 Å². The van der Waals surface area contributed by atoms with Gasteiger partial charge in [0.25, 0.3) is 0 Å². The smallest absolute Gasteiger partial charge is 0.326 e. The number of rotatable bonds is 63. The first kappa shape index (κ1) is 109. The van der Waals surface area contributed by atoms with Crippen molar-refractivity contribution >= 4 is 124 Å². The molecule has 0 aromatic carbocycles. The summed E-state index contributed by atoms with van der Waals surface area (Å²) in [5.74, 6) is -21.9. The molecular weight excluding hydrogens is 1590 g/mol. The second kappa shape index (κ2) is 58.6. The Morgan fingerprint density at radius 2 is 0.672 bits per heavy atom. The molecule has 0 rings (SSSR count). The highest BCUT2D eigenvalue weighted by Gasteiger charge is 2.40. The summed E-state index contributed by atoms with van der Waals surface area (Å²) in [5.41, 5.74) is 39.2. The zero-order chi connectivity index (χ0) is 90.9.